The lowest BCUT2D eigenvalue weighted by molar-refractivity contribution is -0.439. The van der Waals surface area contributed by atoms with Gasteiger partial charge in [0, 0.05) is 20.0 Å². The molecule has 0 rings (SSSR count). The van der Waals surface area contributed by atoms with Gasteiger partial charge in [0.2, 0.25) is 10.0 Å². The van der Waals surface area contributed by atoms with Crippen LogP contribution in [0.25, 0.3) is 0 Å². The number of halogens is 13. The van der Waals surface area contributed by atoms with Gasteiger partial charge in [-0.3, -0.25) is 0 Å². The number of rotatable bonds is 12. The highest BCUT2D eigenvalue weighted by atomic mass is 32.2. The lowest BCUT2D eigenvalue weighted by Gasteiger charge is -2.39. The highest BCUT2D eigenvalue weighted by Gasteiger charge is 2.90. The minimum absolute atomic E-state index is 0.103. The molecule has 0 aromatic carbocycles. The van der Waals surface area contributed by atoms with Gasteiger partial charge in [0.1, 0.15) is 0 Å². The molecule has 0 radical (unpaired) electrons. The summed E-state index contributed by atoms with van der Waals surface area (Å²) < 4.78 is 193. The van der Waals surface area contributed by atoms with E-state index in [1.807, 2.05) is 0 Å². The summed E-state index contributed by atoms with van der Waals surface area (Å²) in [6, 6.07) is 0. The molecule has 0 aromatic heterocycles. The number of sulfonamides is 1. The molecule has 0 saturated carbocycles. The molecular formula is C14H19F13N2O2S. The van der Waals surface area contributed by atoms with Crippen LogP contribution < -0.4 is 0 Å². The average molecular weight is 526 g/mol. The highest BCUT2D eigenvalue weighted by Crippen LogP contribution is 2.60. The normalized spacial score (nSPS) is 15.7. The zero-order valence-electron chi connectivity index (χ0n) is 16.6. The van der Waals surface area contributed by atoms with Crippen LogP contribution in [0.15, 0.2) is 0 Å². The Bertz CT molecular complexity index is 735. The van der Waals surface area contributed by atoms with E-state index in [9.17, 15) is 65.5 Å². The van der Waals surface area contributed by atoms with Gasteiger partial charge in [-0.1, -0.05) is 0 Å². The van der Waals surface area contributed by atoms with E-state index in [0.717, 1.165) is 7.05 Å². The van der Waals surface area contributed by atoms with Crippen LogP contribution >= 0.6 is 0 Å². The molecule has 0 aromatic rings. The van der Waals surface area contributed by atoms with Crippen molar-refractivity contribution in [3.05, 3.63) is 0 Å². The Morgan fingerprint density at radius 3 is 1.41 bits per heavy atom. The largest absolute Gasteiger partial charge is 0.460 e. The molecule has 18 heteroatoms. The Balaban J connectivity index is 5.77. The summed E-state index contributed by atoms with van der Waals surface area (Å²) >= 11 is 0. The van der Waals surface area contributed by atoms with Crippen LogP contribution in [0.3, 0.4) is 0 Å². The fourth-order valence-corrected chi connectivity index (χ4v) is 3.35. The number of nitrogens with zero attached hydrogens (tertiary/aromatic N) is 2. The molecule has 0 atom stereocenters. The molecule has 194 valence electrons. The number of alkyl halides is 13. The first-order chi connectivity index (χ1) is 13.8. The Morgan fingerprint density at radius 1 is 0.625 bits per heavy atom. The maximum absolute atomic E-state index is 13.7. The van der Waals surface area contributed by atoms with Crippen molar-refractivity contribution >= 4 is 10.0 Å². The molecule has 0 unspecified atom stereocenters. The van der Waals surface area contributed by atoms with E-state index in [2.05, 4.69) is 0 Å². The second-order valence-corrected chi connectivity index (χ2v) is 9.24. The maximum atomic E-state index is 13.7. The average Bonchev–Trinajstić information content (AvgIpc) is 2.58. The van der Waals surface area contributed by atoms with E-state index in [0.29, 0.717) is 4.31 Å². The summed E-state index contributed by atoms with van der Waals surface area (Å²) in [6.45, 7) is -0.0721. The molecule has 0 heterocycles. The van der Waals surface area contributed by atoms with Crippen LogP contribution in [0.5, 0.6) is 0 Å². The van der Waals surface area contributed by atoms with Crippen molar-refractivity contribution in [3.63, 3.8) is 0 Å². The van der Waals surface area contributed by atoms with Gasteiger partial charge in [-0.25, -0.2) is 12.7 Å². The van der Waals surface area contributed by atoms with Gasteiger partial charge in [-0.15, -0.1) is 0 Å². The van der Waals surface area contributed by atoms with Gasteiger partial charge in [-0.2, -0.15) is 57.1 Å². The third-order valence-electron chi connectivity index (χ3n) is 4.23. The summed E-state index contributed by atoms with van der Waals surface area (Å²) in [5.74, 6) is -39.7. The summed E-state index contributed by atoms with van der Waals surface area (Å²) in [6.07, 6.45) is -10.2. The zero-order valence-corrected chi connectivity index (χ0v) is 17.4. The van der Waals surface area contributed by atoms with Crippen molar-refractivity contribution < 1.29 is 65.5 Å². The Hall–Kier alpha value is -1.04. The van der Waals surface area contributed by atoms with Crippen LogP contribution in [-0.4, -0.2) is 93.4 Å². The fraction of sp³-hybridized carbons (Fsp3) is 1.00. The van der Waals surface area contributed by atoms with E-state index in [-0.39, 0.29) is 19.5 Å². The van der Waals surface area contributed by atoms with Crippen molar-refractivity contribution in [3.8, 4) is 0 Å². The van der Waals surface area contributed by atoms with E-state index in [1.54, 1.807) is 19.0 Å². The summed E-state index contributed by atoms with van der Waals surface area (Å²) in [5, 5.41) is 0. The van der Waals surface area contributed by atoms with Crippen molar-refractivity contribution in [2.75, 3.05) is 40.0 Å². The smallest absolute Gasteiger partial charge is 0.309 e. The molecule has 0 amide bonds. The first-order valence-electron chi connectivity index (χ1n) is 8.34. The van der Waals surface area contributed by atoms with Gasteiger partial charge in [-0.05, 0) is 27.1 Å². The molecule has 0 aliphatic carbocycles. The summed E-state index contributed by atoms with van der Waals surface area (Å²) in [7, 11) is -0.886. The molecule has 0 aliphatic heterocycles. The van der Waals surface area contributed by atoms with Crippen molar-refractivity contribution in [1.29, 1.82) is 0 Å². The SMILES string of the molecule is CN(C)CCCN(C)S(=O)(=O)CCC(F)(F)C(F)(F)C(F)(F)C(F)(F)C(F)(F)C(F)(F)F. The zero-order chi connectivity index (χ0) is 26.2. The van der Waals surface area contributed by atoms with Gasteiger partial charge in [0.15, 0.2) is 0 Å². The van der Waals surface area contributed by atoms with Crippen LogP contribution in [-0.2, 0) is 10.0 Å². The minimum Gasteiger partial charge on any atom is -0.309 e. The molecule has 0 N–H and O–H groups in total. The Kier molecular flexibility index (Phi) is 9.00. The van der Waals surface area contributed by atoms with E-state index >= 15 is 0 Å². The predicted octanol–water partition coefficient (Wildman–Crippen LogP) is 4.33. The maximum Gasteiger partial charge on any atom is 0.460 e. The van der Waals surface area contributed by atoms with Crippen LogP contribution in [0.2, 0.25) is 0 Å². The minimum atomic E-state index is -8.01. The quantitative estimate of drug-likeness (QED) is 0.356. The second-order valence-electron chi connectivity index (χ2n) is 7.04. The lowest BCUT2D eigenvalue weighted by atomic mass is 9.93. The van der Waals surface area contributed by atoms with Crippen LogP contribution in [0.1, 0.15) is 12.8 Å². The summed E-state index contributed by atoms with van der Waals surface area (Å²) in [5.41, 5.74) is 0. The molecule has 32 heavy (non-hydrogen) atoms. The van der Waals surface area contributed by atoms with Crippen LogP contribution in [0, 0.1) is 0 Å². The Morgan fingerprint density at radius 2 is 1.03 bits per heavy atom. The van der Waals surface area contributed by atoms with Gasteiger partial charge >= 0.3 is 35.8 Å². The van der Waals surface area contributed by atoms with Gasteiger partial charge in [0.25, 0.3) is 0 Å². The first kappa shape index (κ1) is 31.0. The third-order valence-corrected chi connectivity index (χ3v) is 6.08. The number of hydrogen-bond donors (Lipinski definition) is 0. The molecular weight excluding hydrogens is 507 g/mol. The van der Waals surface area contributed by atoms with Crippen molar-refractivity contribution in [2.24, 2.45) is 0 Å². The highest BCUT2D eigenvalue weighted by molar-refractivity contribution is 7.89. The van der Waals surface area contributed by atoms with E-state index in [4.69, 9.17) is 0 Å². The topological polar surface area (TPSA) is 40.6 Å². The lowest BCUT2D eigenvalue weighted by Crippen LogP contribution is -2.70. The number of hydrogen-bond acceptors (Lipinski definition) is 3. The fourth-order valence-electron chi connectivity index (χ4n) is 2.12. The standard InChI is InChI=1S/C14H19F13N2O2S/c1-28(2)6-4-7-29(3)32(30,31)8-5-9(15,16)10(17,18)11(19,20)12(21,22)13(23,24)14(25,26)27/h4-8H2,1-3H3. The predicted molar refractivity (Wildman–Crippen MR) is 85.0 cm³/mol. The third kappa shape index (κ3) is 5.71. The molecule has 0 spiro atoms. The Labute approximate surface area is 174 Å². The monoisotopic (exact) mass is 526 g/mol. The van der Waals surface area contributed by atoms with Crippen molar-refractivity contribution in [2.45, 2.75) is 48.6 Å². The van der Waals surface area contributed by atoms with Gasteiger partial charge < -0.3 is 4.90 Å². The van der Waals surface area contributed by atoms with Crippen molar-refractivity contribution in [1.82, 2.24) is 9.21 Å². The molecule has 0 fully saturated rings. The molecule has 4 nitrogen and oxygen atoms in total. The molecule has 0 aliphatic rings. The summed E-state index contributed by atoms with van der Waals surface area (Å²) in [4.78, 5) is 1.58. The molecule has 0 saturated heterocycles. The van der Waals surface area contributed by atoms with E-state index in [1.165, 1.54) is 0 Å². The van der Waals surface area contributed by atoms with Gasteiger partial charge in [0.05, 0.1) is 5.75 Å². The second kappa shape index (κ2) is 9.31. The van der Waals surface area contributed by atoms with E-state index < -0.39 is 58.0 Å². The van der Waals surface area contributed by atoms with Crippen LogP contribution in [0.4, 0.5) is 57.1 Å². The molecule has 0 bridgehead atoms. The first-order valence-corrected chi connectivity index (χ1v) is 9.95.